The van der Waals surface area contributed by atoms with Crippen molar-refractivity contribution in [1.29, 1.82) is 0 Å². The molecule has 7 nitrogen and oxygen atoms in total. The smallest absolute Gasteiger partial charge is 0.319 e. The first-order valence-corrected chi connectivity index (χ1v) is 10.1. The molecule has 1 atom stereocenters. The molecule has 154 valence electrons. The van der Waals surface area contributed by atoms with E-state index in [1.165, 1.54) is 18.4 Å². The summed E-state index contributed by atoms with van der Waals surface area (Å²) in [7, 11) is 3.14. The fourth-order valence-corrected chi connectivity index (χ4v) is 4.30. The van der Waals surface area contributed by atoms with Crippen LogP contribution in [-0.2, 0) is 4.79 Å². The number of carbonyl (C=O) groups excluding carboxylic acids is 2. The van der Waals surface area contributed by atoms with E-state index in [4.69, 9.17) is 9.47 Å². The van der Waals surface area contributed by atoms with Gasteiger partial charge in [-0.2, -0.15) is 0 Å². The highest BCUT2D eigenvalue weighted by Crippen LogP contribution is 2.36. The van der Waals surface area contributed by atoms with Crippen molar-refractivity contribution in [3.05, 3.63) is 46.7 Å². The van der Waals surface area contributed by atoms with Crippen molar-refractivity contribution in [1.82, 2.24) is 15.5 Å². The van der Waals surface area contributed by atoms with Crippen LogP contribution in [0.3, 0.4) is 0 Å². The molecule has 3 amide bonds. The Labute approximate surface area is 170 Å². The fraction of sp³-hybridized carbons (Fsp3) is 0.455. The molecule has 0 saturated heterocycles. The molecule has 0 saturated carbocycles. The molecule has 29 heavy (non-hydrogen) atoms. The lowest BCUT2D eigenvalue weighted by molar-refractivity contribution is -0.125. The van der Waals surface area contributed by atoms with E-state index >= 15 is 0 Å². The minimum absolute atomic E-state index is 0.0244. The van der Waals surface area contributed by atoms with Crippen LogP contribution in [0.2, 0.25) is 0 Å². The number of rotatable bonds is 6. The molecular formula is C22H27N3O4. The third kappa shape index (κ3) is 3.81. The number of carbonyl (C=O) groups is 2. The summed E-state index contributed by atoms with van der Waals surface area (Å²) in [4.78, 5) is 27.3. The number of nitrogens with one attached hydrogen (secondary N) is 2. The molecule has 2 heterocycles. The molecule has 0 bridgehead atoms. The molecule has 1 aromatic carbocycles. The lowest BCUT2D eigenvalue weighted by atomic mass is 9.95. The number of urea groups is 1. The van der Waals surface area contributed by atoms with Crippen molar-refractivity contribution in [2.24, 2.45) is 0 Å². The second-order valence-corrected chi connectivity index (χ2v) is 7.62. The van der Waals surface area contributed by atoms with E-state index in [0.717, 1.165) is 24.8 Å². The predicted octanol–water partition coefficient (Wildman–Crippen LogP) is 3.04. The number of benzene rings is 1. The Hall–Kier alpha value is -2.96. The van der Waals surface area contributed by atoms with E-state index < -0.39 is 6.04 Å². The lowest BCUT2D eigenvalue weighted by Crippen LogP contribution is -2.44. The summed E-state index contributed by atoms with van der Waals surface area (Å²) in [5.74, 6) is 1.14. The lowest BCUT2D eigenvalue weighted by Gasteiger charge is -2.26. The zero-order chi connectivity index (χ0) is 20.4. The van der Waals surface area contributed by atoms with Gasteiger partial charge in [-0.15, -0.1) is 0 Å². The molecule has 4 rings (SSSR count). The highest BCUT2D eigenvalue weighted by molar-refractivity contribution is 6.01. The minimum atomic E-state index is -0.509. The minimum Gasteiger partial charge on any atom is -0.493 e. The summed E-state index contributed by atoms with van der Waals surface area (Å²) in [6.45, 7) is 1.12. The van der Waals surface area contributed by atoms with Crippen molar-refractivity contribution >= 4 is 11.9 Å². The Kier molecular flexibility index (Phi) is 5.47. The normalized spacial score (nSPS) is 21.4. The third-order valence-electron chi connectivity index (χ3n) is 5.85. The first-order chi connectivity index (χ1) is 14.1. The zero-order valence-electron chi connectivity index (χ0n) is 16.9. The number of methoxy groups -OCH3 is 2. The number of ether oxygens (including phenoxy) is 2. The number of hydrogen-bond donors (Lipinski definition) is 2. The molecule has 0 spiro atoms. The fourth-order valence-electron chi connectivity index (χ4n) is 4.30. The topological polar surface area (TPSA) is 79.9 Å². The summed E-state index contributed by atoms with van der Waals surface area (Å²) >= 11 is 0. The SMILES string of the molecule is COc1ccc(C2NC(=O)NC3=C2C(=O)N(CCC2=CCCCC2)C3)cc1OC. The van der Waals surface area contributed by atoms with Crippen LogP contribution in [0.4, 0.5) is 4.79 Å². The average Bonchev–Trinajstić information content (AvgIpc) is 3.07. The number of hydrogen-bond acceptors (Lipinski definition) is 4. The van der Waals surface area contributed by atoms with E-state index in [-0.39, 0.29) is 11.9 Å². The van der Waals surface area contributed by atoms with Gasteiger partial charge in [0.25, 0.3) is 5.91 Å². The summed E-state index contributed by atoms with van der Waals surface area (Å²) in [5, 5.41) is 5.71. The van der Waals surface area contributed by atoms with Crippen LogP contribution in [0.25, 0.3) is 0 Å². The van der Waals surface area contributed by atoms with Crippen LogP contribution >= 0.6 is 0 Å². The molecule has 2 N–H and O–H groups in total. The first-order valence-electron chi connectivity index (χ1n) is 10.1. The number of nitrogens with zero attached hydrogens (tertiary/aromatic N) is 1. The average molecular weight is 397 g/mol. The van der Waals surface area contributed by atoms with Crippen molar-refractivity contribution in [3.8, 4) is 11.5 Å². The van der Waals surface area contributed by atoms with E-state index in [1.807, 2.05) is 17.0 Å². The molecule has 1 aromatic rings. The molecule has 0 radical (unpaired) electrons. The predicted molar refractivity (Wildman–Crippen MR) is 109 cm³/mol. The molecule has 7 heteroatoms. The van der Waals surface area contributed by atoms with Crippen molar-refractivity contribution in [2.45, 2.75) is 38.1 Å². The Morgan fingerprint density at radius 2 is 1.97 bits per heavy atom. The standard InChI is InChI=1S/C22H27N3O4/c1-28-17-9-8-15(12-18(17)29-2)20-19-16(23-22(27)24-20)13-25(21(19)26)11-10-14-6-4-3-5-7-14/h6,8-9,12,20H,3-5,7,10-11,13H2,1-2H3,(H2,23,24,27). The van der Waals surface area contributed by atoms with Gasteiger partial charge in [-0.25, -0.2) is 4.79 Å². The highest BCUT2D eigenvalue weighted by atomic mass is 16.5. The maximum atomic E-state index is 13.2. The van der Waals surface area contributed by atoms with Gasteiger partial charge >= 0.3 is 6.03 Å². The zero-order valence-corrected chi connectivity index (χ0v) is 16.9. The van der Waals surface area contributed by atoms with Gasteiger partial charge in [-0.05, 0) is 49.8 Å². The van der Waals surface area contributed by atoms with Crippen LogP contribution in [0.15, 0.2) is 41.1 Å². The van der Waals surface area contributed by atoms with Crippen LogP contribution in [0, 0.1) is 0 Å². The van der Waals surface area contributed by atoms with Crippen LogP contribution in [-0.4, -0.2) is 44.1 Å². The Morgan fingerprint density at radius 3 is 2.69 bits per heavy atom. The van der Waals surface area contributed by atoms with E-state index in [2.05, 4.69) is 16.7 Å². The van der Waals surface area contributed by atoms with Crippen molar-refractivity contribution in [3.63, 3.8) is 0 Å². The second kappa shape index (κ2) is 8.19. The van der Waals surface area contributed by atoms with Crippen LogP contribution < -0.4 is 20.1 Å². The van der Waals surface area contributed by atoms with Gasteiger partial charge in [0, 0.05) is 6.54 Å². The summed E-state index contributed by atoms with van der Waals surface area (Å²) in [6.07, 6.45) is 7.96. The second-order valence-electron chi connectivity index (χ2n) is 7.62. The first kappa shape index (κ1) is 19.4. The van der Waals surface area contributed by atoms with Crippen molar-refractivity contribution < 1.29 is 19.1 Å². The van der Waals surface area contributed by atoms with Crippen LogP contribution in [0.5, 0.6) is 11.5 Å². The third-order valence-corrected chi connectivity index (χ3v) is 5.85. The Balaban J connectivity index is 1.55. The van der Waals surface area contributed by atoms with Gasteiger partial charge in [0.15, 0.2) is 11.5 Å². The molecule has 1 unspecified atom stereocenters. The van der Waals surface area contributed by atoms with E-state index in [0.29, 0.717) is 35.9 Å². The molecule has 0 fully saturated rings. The van der Waals surface area contributed by atoms with Gasteiger partial charge in [-0.1, -0.05) is 17.7 Å². The summed E-state index contributed by atoms with van der Waals surface area (Å²) < 4.78 is 10.7. The highest BCUT2D eigenvalue weighted by Gasteiger charge is 2.40. The molecular weight excluding hydrogens is 370 g/mol. The maximum Gasteiger partial charge on any atom is 0.319 e. The largest absolute Gasteiger partial charge is 0.493 e. The monoisotopic (exact) mass is 397 g/mol. The van der Waals surface area contributed by atoms with Gasteiger partial charge in [-0.3, -0.25) is 4.79 Å². The van der Waals surface area contributed by atoms with E-state index in [1.54, 1.807) is 20.3 Å². The number of allylic oxidation sites excluding steroid dienone is 1. The van der Waals surface area contributed by atoms with Crippen molar-refractivity contribution in [2.75, 3.05) is 27.3 Å². The van der Waals surface area contributed by atoms with Gasteiger partial charge in [0.1, 0.15) is 0 Å². The van der Waals surface area contributed by atoms with E-state index in [9.17, 15) is 9.59 Å². The van der Waals surface area contributed by atoms with Gasteiger partial charge in [0.05, 0.1) is 38.1 Å². The molecule has 3 aliphatic rings. The van der Waals surface area contributed by atoms with Gasteiger partial charge < -0.3 is 25.0 Å². The Morgan fingerprint density at radius 1 is 1.14 bits per heavy atom. The Bertz CT molecular complexity index is 890. The summed E-state index contributed by atoms with van der Waals surface area (Å²) in [5.41, 5.74) is 3.52. The van der Waals surface area contributed by atoms with Gasteiger partial charge in [0.2, 0.25) is 0 Å². The molecule has 0 aromatic heterocycles. The molecule has 2 aliphatic heterocycles. The van der Waals surface area contributed by atoms with Crippen LogP contribution in [0.1, 0.15) is 43.7 Å². The summed E-state index contributed by atoms with van der Waals surface area (Å²) in [6, 6.07) is 4.64. The molecule has 1 aliphatic carbocycles. The number of amides is 3. The maximum absolute atomic E-state index is 13.2. The quantitative estimate of drug-likeness (QED) is 0.723.